The Labute approximate surface area is 144 Å². The Balaban J connectivity index is 1.45. The molecule has 0 unspecified atom stereocenters. The van der Waals surface area contributed by atoms with Gasteiger partial charge in [-0.1, -0.05) is 12.1 Å². The summed E-state index contributed by atoms with van der Waals surface area (Å²) in [7, 11) is -3.37. The molecule has 1 aliphatic rings. The molecule has 0 spiro atoms. The molecule has 1 N–H and O–H groups in total. The number of nitrogens with one attached hydrogen (secondary N) is 1. The van der Waals surface area contributed by atoms with Crippen LogP contribution < -0.4 is 5.32 Å². The van der Waals surface area contributed by atoms with Gasteiger partial charge in [-0.15, -0.1) is 14.8 Å². The maximum Gasteiger partial charge on any atom is 0.243 e. The van der Waals surface area contributed by atoms with Gasteiger partial charge >= 0.3 is 0 Å². The Morgan fingerprint density at radius 3 is 2.56 bits per heavy atom. The number of fused-ring (bicyclic) bond motifs is 1. The van der Waals surface area contributed by atoms with Crippen molar-refractivity contribution < 1.29 is 8.42 Å². The molecule has 3 aromatic rings. The average molecular weight is 359 g/mol. The monoisotopic (exact) mass is 359 g/mol. The molecule has 25 heavy (non-hydrogen) atoms. The lowest BCUT2D eigenvalue weighted by Crippen LogP contribution is -2.27. The topological polar surface area (TPSA) is 105 Å². The Morgan fingerprint density at radius 2 is 1.80 bits per heavy atom. The Morgan fingerprint density at radius 1 is 1.04 bits per heavy atom. The summed E-state index contributed by atoms with van der Waals surface area (Å²) in [4.78, 5) is 0.339. The molecular formula is C15H17N7O2S. The molecule has 0 radical (unpaired) electrons. The first-order valence-corrected chi connectivity index (χ1v) is 9.45. The first-order valence-electron chi connectivity index (χ1n) is 8.01. The number of hydrogen-bond acceptors (Lipinski definition) is 7. The fraction of sp³-hybridized carbons (Fsp3) is 0.333. The fourth-order valence-electron chi connectivity index (χ4n) is 2.79. The zero-order valence-electron chi connectivity index (χ0n) is 13.4. The number of aromatic nitrogens is 5. The van der Waals surface area contributed by atoms with Crippen molar-refractivity contribution in [2.24, 2.45) is 0 Å². The molecule has 9 nitrogen and oxygen atoms in total. The largest absolute Gasteiger partial charge is 0.365 e. The minimum absolute atomic E-state index is 0.339. The van der Waals surface area contributed by atoms with Crippen molar-refractivity contribution in [3.05, 3.63) is 42.0 Å². The summed E-state index contributed by atoms with van der Waals surface area (Å²) in [6, 6.07) is 10.5. The number of benzene rings is 1. The lowest BCUT2D eigenvalue weighted by molar-refractivity contribution is 0.477. The van der Waals surface area contributed by atoms with Gasteiger partial charge in [-0.2, -0.15) is 4.31 Å². The number of rotatable bonds is 5. The number of nitrogens with zero attached hydrogens (tertiary/aromatic N) is 6. The highest BCUT2D eigenvalue weighted by molar-refractivity contribution is 7.89. The molecule has 130 valence electrons. The van der Waals surface area contributed by atoms with Crippen LogP contribution in [0.5, 0.6) is 0 Å². The van der Waals surface area contributed by atoms with Gasteiger partial charge in [0.2, 0.25) is 10.0 Å². The highest BCUT2D eigenvalue weighted by atomic mass is 32.2. The minimum atomic E-state index is -3.37. The summed E-state index contributed by atoms with van der Waals surface area (Å²) in [6.45, 7) is 1.73. The smallest absolute Gasteiger partial charge is 0.243 e. The van der Waals surface area contributed by atoms with Crippen LogP contribution in [0, 0.1) is 0 Å². The molecule has 0 amide bonds. The van der Waals surface area contributed by atoms with Crippen LogP contribution in [-0.4, -0.2) is 51.1 Å². The van der Waals surface area contributed by atoms with Crippen LogP contribution in [0.4, 0.5) is 5.82 Å². The van der Waals surface area contributed by atoms with Gasteiger partial charge < -0.3 is 5.32 Å². The predicted octanol–water partition coefficient (Wildman–Crippen LogP) is 0.916. The van der Waals surface area contributed by atoms with Crippen molar-refractivity contribution in [1.82, 2.24) is 29.6 Å². The average Bonchev–Trinajstić information content (AvgIpc) is 3.31. The summed E-state index contributed by atoms with van der Waals surface area (Å²) >= 11 is 0. The van der Waals surface area contributed by atoms with Gasteiger partial charge in [0, 0.05) is 19.6 Å². The number of tetrazole rings is 1. The summed E-state index contributed by atoms with van der Waals surface area (Å²) in [5.41, 5.74) is 1.53. The maximum atomic E-state index is 12.5. The van der Waals surface area contributed by atoms with Crippen LogP contribution in [0.25, 0.3) is 5.65 Å². The molecule has 3 heterocycles. The van der Waals surface area contributed by atoms with Crippen LogP contribution in [0.3, 0.4) is 0 Å². The van der Waals surface area contributed by atoms with E-state index in [0.29, 0.717) is 36.0 Å². The fourth-order valence-corrected chi connectivity index (χ4v) is 4.31. The first-order chi connectivity index (χ1) is 12.1. The summed E-state index contributed by atoms with van der Waals surface area (Å²) in [6.07, 6.45) is 1.86. The van der Waals surface area contributed by atoms with Crippen molar-refractivity contribution in [3.8, 4) is 0 Å². The van der Waals surface area contributed by atoms with E-state index in [4.69, 9.17) is 0 Å². The molecule has 1 saturated heterocycles. The SMILES string of the molecule is O=S(=O)(c1ccc(CNc2ccc3nnnn3n2)cc1)N1CCCC1. The molecule has 1 aromatic carbocycles. The minimum Gasteiger partial charge on any atom is -0.365 e. The standard InChI is InChI=1S/C15H17N7O2S/c23-25(24,21-9-1-2-10-21)13-5-3-12(4-6-13)11-16-14-7-8-15-17-19-20-22(15)18-14/h3-8H,1-2,9-11H2,(H,16,18). The lowest BCUT2D eigenvalue weighted by Gasteiger charge is -2.15. The van der Waals surface area contributed by atoms with E-state index >= 15 is 0 Å². The third-order valence-electron chi connectivity index (χ3n) is 4.17. The van der Waals surface area contributed by atoms with E-state index < -0.39 is 10.0 Å². The quantitative estimate of drug-likeness (QED) is 0.722. The molecule has 0 bridgehead atoms. The van der Waals surface area contributed by atoms with E-state index in [1.807, 2.05) is 12.1 Å². The molecule has 4 rings (SSSR count). The second-order valence-electron chi connectivity index (χ2n) is 5.85. The second kappa shape index (κ2) is 6.37. The van der Waals surface area contributed by atoms with Gasteiger partial charge in [-0.3, -0.25) is 0 Å². The van der Waals surface area contributed by atoms with E-state index in [0.717, 1.165) is 18.4 Å². The number of sulfonamides is 1. The van der Waals surface area contributed by atoms with Gasteiger partial charge in [-0.05, 0) is 53.1 Å². The van der Waals surface area contributed by atoms with Gasteiger partial charge in [0.05, 0.1) is 4.90 Å². The predicted molar refractivity (Wildman–Crippen MR) is 90.3 cm³/mol. The van der Waals surface area contributed by atoms with E-state index in [1.165, 1.54) is 4.63 Å². The molecule has 10 heteroatoms. The molecule has 0 aliphatic carbocycles. The van der Waals surface area contributed by atoms with E-state index in [1.54, 1.807) is 28.6 Å². The summed E-state index contributed by atoms with van der Waals surface area (Å²) < 4.78 is 27.9. The maximum absolute atomic E-state index is 12.5. The van der Waals surface area contributed by atoms with Crippen molar-refractivity contribution in [1.29, 1.82) is 0 Å². The van der Waals surface area contributed by atoms with Crippen molar-refractivity contribution in [2.45, 2.75) is 24.3 Å². The van der Waals surface area contributed by atoms with Crippen LogP contribution in [-0.2, 0) is 16.6 Å². The molecule has 0 atom stereocenters. The Hall–Kier alpha value is -2.59. The molecule has 1 fully saturated rings. The highest BCUT2D eigenvalue weighted by Crippen LogP contribution is 2.21. The lowest BCUT2D eigenvalue weighted by atomic mass is 10.2. The Kier molecular flexibility index (Phi) is 4.06. The van der Waals surface area contributed by atoms with Crippen molar-refractivity contribution >= 4 is 21.5 Å². The highest BCUT2D eigenvalue weighted by Gasteiger charge is 2.26. The van der Waals surface area contributed by atoms with E-state index in [2.05, 4.69) is 25.9 Å². The van der Waals surface area contributed by atoms with Crippen LogP contribution >= 0.6 is 0 Å². The molecule has 2 aromatic heterocycles. The van der Waals surface area contributed by atoms with Crippen LogP contribution in [0.2, 0.25) is 0 Å². The van der Waals surface area contributed by atoms with Crippen LogP contribution in [0.1, 0.15) is 18.4 Å². The van der Waals surface area contributed by atoms with Gasteiger partial charge in [-0.25, -0.2) is 8.42 Å². The number of hydrogen-bond donors (Lipinski definition) is 1. The van der Waals surface area contributed by atoms with Gasteiger partial charge in [0.25, 0.3) is 0 Å². The third-order valence-corrected chi connectivity index (χ3v) is 6.08. The van der Waals surface area contributed by atoms with Crippen molar-refractivity contribution in [2.75, 3.05) is 18.4 Å². The normalized spacial score (nSPS) is 15.7. The van der Waals surface area contributed by atoms with Crippen molar-refractivity contribution in [3.63, 3.8) is 0 Å². The van der Waals surface area contributed by atoms with E-state index in [9.17, 15) is 8.42 Å². The Bertz CT molecular complexity index is 979. The molecule has 1 aliphatic heterocycles. The van der Waals surface area contributed by atoms with Gasteiger partial charge in [0.1, 0.15) is 5.82 Å². The summed E-state index contributed by atoms with van der Waals surface area (Å²) in [5.74, 6) is 0.633. The zero-order chi connectivity index (χ0) is 17.3. The van der Waals surface area contributed by atoms with E-state index in [-0.39, 0.29) is 0 Å². The second-order valence-corrected chi connectivity index (χ2v) is 7.79. The zero-order valence-corrected chi connectivity index (χ0v) is 14.2. The van der Waals surface area contributed by atoms with Gasteiger partial charge in [0.15, 0.2) is 5.65 Å². The number of anilines is 1. The first kappa shape index (κ1) is 15.9. The molecular weight excluding hydrogens is 342 g/mol. The summed E-state index contributed by atoms with van der Waals surface area (Å²) in [5, 5.41) is 18.5. The third kappa shape index (κ3) is 3.17. The molecule has 0 saturated carbocycles. The van der Waals surface area contributed by atoms with Crippen LogP contribution in [0.15, 0.2) is 41.3 Å².